The topological polar surface area (TPSA) is 75.9 Å². The van der Waals surface area contributed by atoms with Crippen molar-refractivity contribution in [2.45, 2.75) is 58.0 Å². The minimum Gasteiger partial charge on any atom is -0.370 e. The lowest BCUT2D eigenvalue weighted by atomic mass is 10.2. The molecule has 5 heteroatoms. The lowest BCUT2D eigenvalue weighted by molar-refractivity contribution is 0.689. The zero-order chi connectivity index (χ0) is 13.7. The molecule has 2 rings (SSSR count). The predicted octanol–water partition coefficient (Wildman–Crippen LogP) is 2.29. The molecule has 0 aromatic carbocycles. The average Bonchev–Trinajstić information content (AvgIpc) is 2.80. The standard InChI is InChI=1S/C14H25N5/c1-10(15)7-8-16-13-9-14(18-11(2)17-13)19-12-5-3-4-6-12/h9-10,12H,3-8,15H2,1-2H3,(H2,16,17,18,19). The summed E-state index contributed by atoms with van der Waals surface area (Å²) in [5, 5.41) is 6.82. The van der Waals surface area contributed by atoms with E-state index < -0.39 is 0 Å². The maximum absolute atomic E-state index is 5.74. The normalized spacial score (nSPS) is 17.4. The summed E-state index contributed by atoms with van der Waals surface area (Å²) in [6.45, 7) is 4.79. The van der Waals surface area contributed by atoms with Gasteiger partial charge in [0.2, 0.25) is 0 Å². The van der Waals surface area contributed by atoms with Crippen LogP contribution in [0.4, 0.5) is 11.6 Å². The molecule has 0 amide bonds. The molecule has 106 valence electrons. The summed E-state index contributed by atoms with van der Waals surface area (Å²) in [6.07, 6.45) is 6.07. The lowest BCUT2D eigenvalue weighted by Gasteiger charge is -2.14. The molecule has 1 aromatic rings. The highest BCUT2D eigenvalue weighted by atomic mass is 15.1. The first-order valence-electron chi connectivity index (χ1n) is 7.25. The molecule has 1 fully saturated rings. The highest BCUT2D eigenvalue weighted by Crippen LogP contribution is 2.22. The van der Waals surface area contributed by atoms with Gasteiger partial charge in [-0.2, -0.15) is 0 Å². The van der Waals surface area contributed by atoms with Gasteiger partial charge in [-0.25, -0.2) is 9.97 Å². The molecule has 19 heavy (non-hydrogen) atoms. The van der Waals surface area contributed by atoms with Gasteiger partial charge in [-0.1, -0.05) is 12.8 Å². The van der Waals surface area contributed by atoms with Crippen molar-refractivity contribution in [1.29, 1.82) is 0 Å². The van der Waals surface area contributed by atoms with E-state index in [4.69, 9.17) is 5.73 Å². The Morgan fingerprint density at radius 2 is 2.00 bits per heavy atom. The molecule has 0 aliphatic heterocycles. The van der Waals surface area contributed by atoms with Crippen LogP contribution in [0.3, 0.4) is 0 Å². The Bertz CT molecular complexity index is 399. The summed E-state index contributed by atoms with van der Waals surface area (Å²) in [5.41, 5.74) is 5.74. The number of aromatic nitrogens is 2. The molecule has 5 nitrogen and oxygen atoms in total. The van der Waals surface area contributed by atoms with Gasteiger partial charge in [0.05, 0.1) is 0 Å². The second kappa shape index (κ2) is 6.70. The summed E-state index contributed by atoms with van der Waals surface area (Å²) >= 11 is 0. The molecule has 4 N–H and O–H groups in total. The first-order chi connectivity index (χ1) is 9.13. The van der Waals surface area contributed by atoms with E-state index in [1.165, 1.54) is 25.7 Å². The molecule has 1 heterocycles. The van der Waals surface area contributed by atoms with Crippen molar-refractivity contribution in [3.8, 4) is 0 Å². The second-order valence-electron chi connectivity index (χ2n) is 5.50. The van der Waals surface area contributed by atoms with Crippen molar-refractivity contribution in [3.05, 3.63) is 11.9 Å². The summed E-state index contributed by atoms with van der Waals surface area (Å²) in [4.78, 5) is 8.86. The maximum atomic E-state index is 5.74. The predicted molar refractivity (Wildman–Crippen MR) is 79.4 cm³/mol. The largest absolute Gasteiger partial charge is 0.370 e. The summed E-state index contributed by atoms with van der Waals surface area (Å²) < 4.78 is 0. The van der Waals surface area contributed by atoms with Crippen LogP contribution in [0, 0.1) is 6.92 Å². The first kappa shape index (κ1) is 14.1. The van der Waals surface area contributed by atoms with Crippen molar-refractivity contribution in [3.63, 3.8) is 0 Å². The van der Waals surface area contributed by atoms with E-state index >= 15 is 0 Å². The van der Waals surface area contributed by atoms with E-state index in [0.29, 0.717) is 6.04 Å². The zero-order valence-electron chi connectivity index (χ0n) is 11.9. The van der Waals surface area contributed by atoms with Crippen LogP contribution < -0.4 is 16.4 Å². The Morgan fingerprint density at radius 1 is 1.32 bits per heavy atom. The van der Waals surface area contributed by atoms with Crippen LogP contribution in [0.25, 0.3) is 0 Å². The molecule has 1 saturated carbocycles. The molecule has 1 atom stereocenters. The van der Waals surface area contributed by atoms with Crippen LogP contribution >= 0.6 is 0 Å². The number of hydrogen-bond donors (Lipinski definition) is 3. The first-order valence-corrected chi connectivity index (χ1v) is 7.25. The lowest BCUT2D eigenvalue weighted by Crippen LogP contribution is -2.20. The fourth-order valence-electron chi connectivity index (χ4n) is 2.44. The van der Waals surface area contributed by atoms with Crippen LogP contribution in [0.5, 0.6) is 0 Å². The monoisotopic (exact) mass is 263 g/mol. The highest BCUT2D eigenvalue weighted by molar-refractivity contribution is 5.48. The molecule has 0 saturated heterocycles. The van der Waals surface area contributed by atoms with Gasteiger partial charge in [0, 0.05) is 24.7 Å². The minimum atomic E-state index is 0.214. The minimum absolute atomic E-state index is 0.214. The Morgan fingerprint density at radius 3 is 2.68 bits per heavy atom. The van der Waals surface area contributed by atoms with Crippen molar-refractivity contribution in [2.24, 2.45) is 5.73 Å². The van der Waals surface area contributed by atoms with E-state index in [-0.39, 0.29) is 6.04 Å². The van der Waals surface area contributed by atoms with E-state index in [9.17, 15) is 0 Å². The van der Waals surface area contributed by atoms with E-state index in [1.54, 1.807) is 0 Å². The Hall–Kier alpha value is -1.36. The van der Waals surface area contributed by atoms with Crippen molar-refractivity contribution in [2.75, 3.05) is 17.2 Å². The van der Waals surface area contributed by atoms with Crippen LogP contribution in [0.1, 0.15) is 44.9 Å². The van der Waals surface area contributed by atoms with Crippen molar-refractivity contribution < 1.29 is 0 Å². The Kier molecular flexibility index (Phi) is 4.96. The summed E-state index contributed by atoms with van der Waals surface area (Å²) in [6, 6.07) is 2.78. The SMILES string of the molecule is Cc1nc(NCCC(C)N)cc(NC2CCCC2)n1. The van der Waals surface area contributed by atoms with E-state index in [2.05, 4.69) is 20.6 Å². The molecule has 1 aliphatic rings. The summed E-state index contributed by atoms with van der Waals surface area (Å²) in [7, 11) is 0. The number of nitrogens with zero attached hydrogens (tertiary/aromatic N) is 2. The Balaban J connectivity index is 1.93. The average molecular weight is 263 g/mol. The van der Waals surface area contributed by atoms with Crippen molar-refractivity contribution in [1.82, 2.24) is 9.97 Å². The summed E-state index contributed by atoms with van der Waals surface area (Å²) in [5.74, 6) is 2.61. The van der Waals surface area contributed by atoms with E-state index in [0.717, 1.165) is 30.4 Å². The second-order valence-corrected chi connectivity index (χ2v) is 5.50. The molecule has 1 aliphatic carbocycles. The van der Waals surface area contributed by atoms with Crippen LogP contribution in [-0.2, 0) is 0 Å². The van der Waals surface area contributed by atoms with Gasteiger partial charge < -0.3 is 16.4 Å². The zero-order valence-corrected chi connectivity index (χ0v) is 11.9. The van der Waals surface area contributed by atoms with Gasteiger partial charge in [0.15, 0.2) is 0 Å². The third-order valence-electron chi connectivity index (χ3n) is 3.45. The van der Waals surface area contributed by atoms with Gasteiger partial charge in [0.25, 0.3) is 0 Å². The fraction of sp³-hybridized carbons (Fsp3) is 0.714. The van der Waals surface area contributed by atoms with Crippen LogP contribution in [0.2, 0.25) is 0 Å². The number of nitrogens with one attached hydrogen (secondary N) is 2. The fourth-order valence-corrected chi connectivity index (χ4v) is 2.44. The van der Waals surface area contributed by atoms with Gasteiger partial charge >= 0.3 is 0 Å². The third kappa shape index (κ3) is 4.67. The number of nitrogens with two attached hydrogens (primary N) is 1. The van der Waals surface area contributed by atoms with Gasteiger partial charge in [0.1, 0.15) is 17.5 Å². The number of aryl methyl sites for hydroxylation is 1. The van der Waals surface area contributed by atoms with Crippen LogP contribution in [0.15, 0.2) is 6.07 Å². The molecule has 0 bridgehead atoms. The maximum Gasteiger partial charge on any atom is 0.132 e. The number of hydrogen-bond acceptors (Lipinski definition) is 5. The molecular formula is C14H25N5. The van der Waals surface area contributed by atoms with Crippen molar-refractivity contribution >= 4 is 11.6 Å². The van der Waals surface area contributed by atoms with Gasteiger partial charge in [-0.15, -0.1) is 0 Å². The highest BCUT2D eigenvalue weighted by Gasteiger charge is 2.15. The van der Waals surface area contributed by atoms with E-state index in [1.807, 2.05) is 19.9 Å². The molecule has 1 unspecified atom stereocenters. The van der Waals surface area contributed by atoms with Crippen LogP contribution in [-0.4, -0.2) is 28.6 Å². The number of anilines is 2. The molecule has 0 spiro atoms. The molecule has 0 radical (unpaired) electrons. The van der Waals surface area contributed by atoms with Gasteiger partial charge in [-0.3, -0.25) is 0 Å². The molecule has 1 aromatic heterocycles. The smallest absolute Gasteiger partial charge is 0.132 e. The number of rotatable bonds is 6. The molecular weight excluding hydrogens is 238 g/mol. The third-order valence-corrected chi connectivity index (χ3v) is 3.45. The van der Waals surface area contributed by atoms with Gasteiger partial charge in [-0.05, 0) is 33.1 Å². The Labute approximate surface area is 115 Å². The quantitative estimate of drug-likeness (QED) is 0.734.